The number of aromatic nitrogens is 2. The average molecular weight is 329 g/mol. The van der Waals surface area contributed by atoms with Gasteiger partial charge >= 0.3 is 0 Å². The Morgan fingerprint density at radius 2 is 1.70 bits per heavy atom. The molecule has 2 N–H and O–H groups in total. The minimum absolute atomic E-state index is 0.248. The van der Waals surface area contributed by atoms with Crippen LogP contribution in [0.2, 0.25) is 5.02 Å². The molecule has 0 radical (unpaired) electrons. The molecule has 0 aliphatic rings. The van der Waals surface area contributed by atoms with Crippen LogP contribution < -0.4 is 10.6 Å². The van der Waals surface area contributed by atoms with E-state index in [2.05, 4.69) is 20.6 Å². The van der Waals surface area contributed by atoms with Gasteiger partial charge in [-0.1, -0.05) is 35.9 Å². The molecule has 0 unspecified atom stereocenters. The number of para-hydroxylation sites is 1. The lowest BCUT2D eigenvalue weighted by molar-refractivity contribution is 0.627. The Balaban J connectivity index is 1.67. The standard InChI is InChI=1S/C17H14ClFN4/c18-14-3-1-2-4-15(14)23-17-9-16(21-11-22-17)20-10-12-5-7-13(19)8-6-12/h1-9,11H,10H2,(H2,20,21,22,23). The van der Waals surface area contributed by atoms with Crippen molar-refractivity contribution in [2.75, 3.05) is 10.6 Å². The van der Waals surface area contributed by atoms with Crippen molar-refractivity contribution in [3.8, 4) is 0 Å². The van der Waals surface area contributed by atoms with Gasteiger partial charge in [0.15, 0.2) is 0 Å². The maximum absolute atomic E-state index is 12.9. The van der Waals surface area contributed by atoms with Gasteiger partial charge in [-0.3, -0.25) is 0 Å². The first-order valence-corrected chi connectivity index (χ1v) is 7.40. The number of hydrogen-bond donors (Lipinski definition) is 2. The fourth-order valence-electron chi connectivity index (χ4n) is 2.02. The van der Waals surface area contributed by atoms with Crippen LogP contribution in [0.3, 0.4) is 0 Å². The summed E-state index contributed by atoms with van der Waals surface area (Å²) in [7, 11) is 0. The Morgan fingerprint density at radius 3 is 2.48 bits per heavy atom. The Kier molecular flexibility index (Phi) is 4.68. The smallest absolute Gasteiger partial charge is 0.135 e. The monoisotopic (exact) mass is 328 g/mol. The van der Waals surface area contributed by atoms with Crippen LogP contribution >= 0.6 is 11.6 Å². The summed E-state index contributed by atoms with van der Waals surface area (Å²) >= 11 is 6.12. The maximum atomic E-state index is 12.9. The van der Waals surface area contributed by atoms with Crippen LogP contribution in [0, 0.1) is 5.82 Å². The summed E-state index contributed by atoms with van der Waals surface area (Å²) in [5, 5.41) is 6.94. The number of halogens is 2. The number of benzene rings is 2. The molecule has 23 heavy (non-hydrogen) atoms. The molecule has 0 amide bonds. The highest BCUT2D eigenvalue weighted by molar-refractivity contribution is 6.33. The van der Waals surface area contributed by atoms with Crippen molar-refractivity contribution in [2.24, 2.45) is 0 Å². The zero-order chi connectivity index (χ0) is 16.1. The molecule has 0 aliphatic carbocycles. The van der Waals surface area contributed by atoms with Gasteiger partial charge < -0.3 is 10.6 Å². The molecule has 0 aliphatic heterocycles. The molecule has 0 bridgehead atoms. The van der Waals surface area contributed by atoms with Crippen LogP contribution in [0.25, 0.3) is 0 Å². The first kappa shape index (κ1) is 15.2. The van der Waals surface area contributed by atoms with Crippen LogP contribution in [0.1, 0.15) is 5.56 Å². The van der Waals surface area contributed by atoms with Gasteiger partial charge in [-0.25, -0.2) is 14.4 Å². The van der Waals surface area contributed by atoms with Gasteiger partial charge in [0.05, 0.1) is 10.7 Å². The summed E-state index contributed by atoms with van der Waals surface area (Å²) in [6.07, 6.45) is 1.46. The van der Waals surface area contributed by atoms with E-state index in [1.165, 1.54) is 18.5 Å². The summed E-state index contributed by atoms with van der Waals surface area (Å²) in [6.45, 7) is 0.544. The highest BCUT2D eigenvalue weighted by atomic mass is 35.5. The normalized spacial score (nSPS) is 10.3. The molecule has 3 rings (SSSR count). The molecular formula is C17H14ClFN4. The lowest BCUT2D eigenvalue weighted by Gasteiger charge is -2.09. The van der Waals surface area contributed by atoms with Crippen LogP contribution in [0.15, 0.2) is 60.9 Å². The second-order valence-corrected chi connectivity index (χ2v) is 5.28. The third-order valence-electron chi connectivity index (χ3n) is 3.19. The van der Waals surface area contributed by atoms with Crippen LogP contribution in [-0.4, -0.2) is 9.97 Å². The quantitative estimate of drug-likeness (QED) is 0.717. The predicted octanol–water partition coefficient (Wildman–Crippen LogP) is 4.62. The molecule has 0 fully saturated rings. The summed E-state index contributed by atoms with van der Waals surface area (Å²) in [5.41, 5.74) is 1.74. The van der Waals surface area contributed by atoms with Gasteiger partial charge in [0, 0.05) is 12.6 Å². The van der Waals surface area contributed by atoms with E-state index >= 15 is 0 Å². The molecule has 0 saturated carbocycles. The van der Waals surface area contributed by atoms with Crippen molar-refractivity contribution in [1.29, 1.82) is 0 Å². The van der Waals surface area contributed by atoms with Crippen molar-refractivity contribution in [3.05, 3.63) is 77.3 Å². The molecule has 4 nitrogen and oxygen atoms in total. The Labute approximate surface area is 138 Å². The molecule has 3 aromatic rings. The average Bonchev–Trinajstić information content (AvgIpc) is 2.57. The first-order valence-electron chi connectivity index (χ1n) is 7.02. The summed E-state index contributed by atoms with van der Waals surface area (Å²) in [4.78, 5) is 8.34. The third kappa shape index (κ3) is 4.17. The molecule has 2 aromatic carbocycles. The second kappa shape index (κ2) is 7.07. The number of anilines is 3. The van der Waals surface area contributed by atoms with E-state index in [1.54, 1.807) is 24.3 Å². The van der Waals surface area contributed by atoms with Gasteiger partial charge in [0.25, 0.3) is 0 Å². The molecule has 6 heteroatoms. The molecule has 0 atom stereocenters. The van der Waals surface area contributed by atoms with Crippen molar-refractivity contribution in [1.82, 2.24) is 9.97 Å². The van der Waals surface area contributed by atoms with Crippen LogP contribution in [0.5, 0.6) is 0 Å². The third-order valence-corrected chi connectivity index (χ3v) is 3.52. The van der Waals surface area contributed by atoms with Gasteiger partial charge in [-0.2, -0.15) is 0 Å². The lowest BCUT2D eigenvalue weighted by Crippen LogP contribution is -2.03. The second-order valence-electron chi connectivity index (χ2n) is 4.87. The molecular weight excluding hydrogens is 315 g/mol. The highest BCUT2D eigenvalue weighted by Crippen LogP contribution is 2.24. The van der Waals surface area contributed by atoms with Gasteiger partial charge in [0.2, 0.25) is 0 Å². The number of hydrogen-bond acceptors (Lipinski definition) is 4. The van der Waals surface area contributed by atoms with E-state index in [0.717, 1.165) is 11.3 Å². The van der Waals surface area contributed by atoms with E-state index in [-0.39, 0.29) is 5.82 Å². The number of rotatable bonds is 5. The van der Waals surface area contributed by atoms with Crippen molar-refractivity contribution in [3.63, 3.8) is 0 Å². The molecule has 1 heterocycles. The lowest BCUT2D eigenvalue weighted by atomic mass is 10.2. The Hall–Kier alpha value is -2.66. The SMILES string of the molecule is Fc1ccc(CNc2cc(Nc3ccccc3Cl)ncn2)cc1. The van der Waals surface area contributed by atoms with E-state index in [1.807, 2.05) is 18.2 Å². The molecule has 0 saturated heterocycles. The zero-order valence-electron chi connectivity index (χ0n) is 12.1. The number of nitrogens with one attached hydrogen (secondary N) is 2. The van der Waals surface area contributed by atoms with Crippen LogP contribution in [-0.2, 0) is 6.54 Å². The molecule has 1 aromatic heterocycles. The van der Waals surface area contributed by atoms with Crippen molar-refractivity contribution in [2.45, 2.75) is 6.54 Å². The number of nitrogens with zero attached hydrogens (tertiary/aromatic N) is 2. The summed E-state index contributed by atoms with van der Waals surface area (Å²) in [5.74, 6) is 1.05. The highest BCUT2D eigenvalue weighted by Gasteiger charge is 2.03. The topological polar surface area (TPSA) is 49.8 Å². The van der Waals surface area contributed by atoms with Gasteiger partial charge in [0.1, 0.15) is 23.8 Å². The van der Waals surface area contributed by atoms with Crippen LogP contribution in [0.4, 0.5) is 21.7 Å². The zero-order valence-corrected chi connectivity index (χ0v) is 12.9. The van der Waals surface area contributed by atoms with E-state index in [4.69, 9.17) is 11.6 Å². The molecule has 116 valence electrons. The maximum Gasteiger partial charge on any atom is 0.135 e. The van der Waals surface area contributed by atoms with Gasteiger partial charge in [-0.15, -0.1) is 0 Å². The van der Waals surface area contributed by atoms with Gasteiger partial charge in [-0.05, 0) is 29.8 Å². The molecule has 0 spiro atoms. The first-order chi connectivity index (χ1) is 11.2. The fourth-order valence-corrected chi connectivity index (χ4v) is 2.20. The van der Waals surface area contributed by atoms with E-state index in [9.17, 15) is 4.39 Å². The minimum Gasteiger partial charge on any atom is -0.366 e. The minimum atomic E-state index is -0.248. The van der Waals surface area contributed by atoms with E-state index < -0.39 is 0 Å². The predicted molar refractivity (Wildman–Crippen MR) is 90.5 cm³/mol. The fraction of sp³-hybridized carbons (Fsp3) is 0.0588. The largest absolute Gasteiger partial charge is 0.366 e. The van der Waals surface area contributed by atoms with E-state index in [0.29, 0.717) is 23.2 Å². The van der Waals surface area contributed by atoms with Crippen molar-refractivity contribution >= 4 is 28.9 Å². The van der Waals surface area contributed by atoms with Crippen molar-refractivity contribution < 1.29 is 4.39 Å². The summed E-state index contributed by atoms with van der Waals surface area (Å²) < 4.78 is 12.9. The Morgan fingerprint density at radius 1 is 0.957 bits per heavy atom. The summed E-state index contributed by atoms with van der Waals surface area (Å²) in [6, 6.07) is 15.5. The Bertz CT molecular complexity index is 793.